The van der Waals surface area contributed by atoms with E-state index in [-0.39, 0.29) is 15.2 Å². The van der Waals surface area contributed by atoms with Crippen LogP contribution in [0.2, 0.25) is 5.02 Å². The number of benzene rings is 1. The first-order valence-electron chi connectivity index (χ1n) is 4.05. The highest BCUT2D eigenvalue weighted by molar-refractivity contribution is 9.10. The number of ether oxygens (including phenoxy) is 1. The van der Waals surface area contributed by atoms with Gasteiger partial charge >= 0.3 is 6.18 Å². The summed E-state index contributed by atoms with van der Waals surface area (Å²) in [5.74, 6) is 0.235. The summed E-state index contributed by atoms with van der Waals surface area (Å²) in [6, 6.07) is 2.06. The molecule has 0 aromatic heterocycles. The number of hydrogen-bond donors (Lipinski definition) is 0. The molecule has 0 heterocycles. The summed E-state index contributed by atoms with van der Waals surface area (Å²) in [5.41, 5.74) is -0.809. The molecule has 0 N–H and O–H groups in total. The first kappa shape index (κ1) is 12.6. The zero-order chi connectivity index (χ0) is 11.6. The predicted molar refractivity (Wildman–Crippen MR) is 55.3 cm³/mol. The molecule has 1 aromatic carbocycles. The van der Waals surface area contributed by atoms with Gasteiger partial charge in [0, 0.05) is 4.47 Å². The second-order valence-corrected chi connectivity index (χ2v) is 3.95. The van der Waals surface area contributed by atoms with Gasteiger partial charge in [0.2, 0.25) is 0 Å². The van der Waals surface area contributed by atoms with Gasteiger partial charge in [0.05, 0.1) is 17.2 Å². The number of alkyl halides is 3. The van der Waals surface area contributed by atoms with E-state index >= 15 is 0 Å². The zero-order valence-electron chi connectivity index (χ0n) is 7.66. The van der Waals surface area contributed by atoms with E-state index in [2.05, 4.69) is 15.9 Å². The van der Waals surface area contributed by atoms with E-state index in [1.807, 2.05) is 0 Å². The predicted octanol–water partition coefficient (Wildman–Crippen LogP) is 4.52. The maximum atomic E-state index is 12.4. The molecule has 0 radical (unpaired) electrons. The van der Waals surface area contributed by atoms with Crippen LogP contribution in [0.5, 0.6) is 5.75 Å². The van der Waals surface area contributed by atoms with Crippen LogP contribution >= 0.6 is 27.5 Å². The Kier molecular flexibility index (Phi) is 3.89. The van der Waals surface area contributed by atoms with E-state index in [4.69, 9.17) is 16.3 Å². The first-order valence-corrected chi connectivity index (χ1v) is 5.22. The normalized spacial score (nSPS) is 11.6. The highest BCUT2D eigenvalue weighted by Crippen LogP contribution is 2.40. The Hall–Kier alpha value is -0.420. The molecule has 0 bridgehead atoms. The van der Waals surface area contributed by atoms with Gasteiger partial charge in [0.1, 0.15) is 5.75 Å². The molecular weight excluding hydrogens is 296 g/mol. The molecule has 0 saturated heterocycles. The number of halogens is 5. The third-order valence-corrected chi connectivity index (χ3v) is 2.58. The van der Waals surface area contributed by atoms with E-state index in [9.17, 15) is 13.2 Å². The molecule has 0 aliphatic carbocycles. The standard InChI is InChI=1S/C9H7BrClF3O/c1-2-15-8-4-6(10)5(3-7(8)11)9(12,13)14/h3-4H,2H2,1H3. The lowest BCUT2D eigenvalue weighted by atomic mass is 10.2. The fraction of sp³-hybridized carbons (Fsp3) is 0.333. The molecule has 0 amide bonds. The Morgan fingerprint density at radius 1 is 1.40 bits per heavy atom. The van der Waals surface area contributed by atoms with E-state index in [0.29, 0.717) is 6.61 Å². The molecule has 1 rings (SSSR count). The summed E-state index contributed by atoms with van der Waals surface area (Å²) in [5, 5.41) is -0.0487. The average Bonchev–Trinajstić information content (AvgIpc) is 2.09. The van der Waals surface area contributed by atoms with Crippen molar-refractivity contribution in [2.24, 2.45) is 0 Å². The summed E-state index contributed by atoms with van der Waals surface area (Å²) >= 11 is 8.47. The minimum Gasteiger partial charge on any atom is -0.492 e. The molecule has 0 fully saturated rings. The van der Waals surface area contributed by atoms with Crippen LogP contribution in [-0.4, -0.2) is 6.61 Å². The van der Waals surface area contributed by atoms with Crippen LogP contribution in [0, 0.1) is 0 Å². The Bertz CT molecular complexity index is 365. The van der Waals surface area contributed by atoms with Crippen LogP contribution in [0.1, 0.15) is 12.5 Å². The minimum atomic E-state index is -4.42. The van der Waals surface area contributed by atoms with Crippen molar-refractivity contribution in [1.29, 1.82) is 0 Å². The fourth-order valence-electron chi connectivity index (χ4n) is 1.01. The SMILES string of the molecule is CCOc1cc(Br)c(C(F)(F)F)cc1Cl. The molecule has 1 nitrogen and oxygen atoms in total. The van der Waals surface area contributed by atoms with E-state index in [1.165, 1.54) is 6.07 Å². The van der Waals surface area contributed by atoms with Crippen LogP contribution in [0.25, 0.3) is 0 Å². The van der Waals surface area contributed by atoms with Gasteiger partial charge in [-0.15, -0.1) is 0 Å². The maximum Gasteiger partial charge on any atom is 0.417 e. The van der Waals surface area contributed by atoms with Gasteiger partial charge < -0.3 is 4.74 Å². The van der Waals surface area contributed by atoms with Crippen LogP contribution in [0.3, 0.4) is 0 Å². The van der Waals surface area contributed by atoms with Crippen molar-refractivity contribution in [2.45, 2.75) is 13.1 Å². The lowest BCUT2D eigenvalue weighted by Gasteiger charge is -2.12. The van der Waals surface area contributed by atoms with Crippen molar-refractivity contribution >= 4 is 27.5 Å². The molecule has 0 spiro atoms. The summed E-state index contributed by atoms with van der Waals surface area (Å²) in [4.78, 5) is 0. The topological polar surface area (TPSA) is 9.23 Å². The molecule has 0 saturated carbocycles. The number of hydrogen-bond acceptors (Lipinski definition) is 1. The fourth-order valence-corrected chi connectivity index (χ4v) is 1.78. The van der Waals surface area contributed by atoms with Gasteiger partial charge in [-0.2, -0.15) is 13.2 Å². The van der Waals surface area contributed by atoms with E-state index < -0.39 is 11.7 Å². The lowest BCUT2D eigenvalue weighted by molar-refractivity contribution is -0.138. The zero-order valence-corrected chi connectivity index (χ0v) is 10.0. The van der Waals surface area contributed by atoms with Gasteiger partial charge in [-0.25, -0.2) is 0 Å². The smallest absolute Gasteiger partial charge is 0.417 e. The molecule has 0 unspecified atom stereocenters. The summed E-state index contributed by atoms with van der Waals surface area (Å²) in [6.45, 7) is 2.07. The van der Waals surface area contributed by atoms with Crippen molar-refractivity contribution in [3.8, 4) is 5.75 Å². The summed E-state index contributed by atoms with van der Waals surface area (Å²) in [7, 11) is 0. The van der Waals surface area contributed by atoms with Crippen molar-refractivity contribution in [1.82, 2.24) is 0 Å². The molecule has 84 valence electrons. The summed E-state index contributed by atoms with van der Waals surface area (Å²) in [6.07, 6.45) is -4.42. The van der Waals surface area contributed by atoms with Gasteiger partial charge in [-0.3, -0.25) is 0 Å². The van der Waals surface area contributed by atoms with Crippen molar-refractivity contribution in [3.63, 3.8) is 0 Å². The van der Waals surface area contributed by atoms with Gasteiger partial charge in [0.25, 0.3) is 0 Å². The third-order valence-electron chi connectivity index (χ3n) is 1.63. The van der Waals surface area contributed by atoms with Crippen molar-refractivity contribution < 1.29 is 17.9 Å². The molecule has 1 aromatic rings. The van der Waals surface area contributed by atoms with E-state index in [1.54, 1.807) is 6.92 Å². The van der Waals surface area contributed by atoms with Crippen LogP contribution in [0.4, 0.5) is 13.2 Å². The number of rotatable bonds is 2. The second kappa shape index (κ2) is 4.61. The van der Waals surface area contributed by atoms with E-state index in [0.717, 1.165) is 6.07 Å². The van der Waals surface area contributed by atoms with Crippen molar-refractivity contribution in [2.75, 3.05) is 6.61 Å². The first-order chi connectivity index (χ1) is 6.86. The minimum absolute atomic E-state index is 0.0487. The lowest BCUT2D eigenvalue weighted by Crippen LogP contribution is -2.06. The molecule has 0 aliphatic heterocycles. The molecule has 6 heteroatoms. The summed E-state index contributed by atoms with van der Waals surface area (Å²) < 4.78 is 42.2. The highest BCUT2D eigenvalue weighted by atomic mass is 79.9. The molecular formula is C9H7BrClF3O. The quantitative estimate of drug-likeness (QED) is 0.780. The van der Waals surface area contributed by atoms with Crippen LogP contribution < -0.4 is 4.74 Å². The Labute approximate surface area is 98.3 Å². The highest BCUT2D eigenvalue weighted by Gasteiger charge is 2.33. The van der Waals surface area contributed by atoms with Gasteiger partial charge in [-0.05, 0) is 19.1 Å². The Morgan fingerprint density at radius 2 is 2.00 bits per heavy atom. The van der Waals surface area contributed by atoms with Gasteiger partial charge in [-0.1, -0.05) is 27.5 Å². The van der Waals surface area contributed by atoms with Crippen molar-refractivity contribution in [3.05, 3.63) is 27.2 Å². The molecule has 0 atom stereocenters. The Balaban J connectivity index is 3.20. The Morgan fingerprint density at radius 3 is 2.47 bits per heavy atom. The second-order valence-electron chi connectivity index (χ2n) is 2.69. The van der Waals surface area contributed by atoms with Crippen LogP contribution in [0.15, 0.2) is 16.6 Å². The van der Waals surface area contributed by atoms with Crippen LogP contribution in [-0.2, 0) is 6.18 Å². The largest absolute Gasteiger partial charge is 0.492 e. The molecule has 0 aliphatic rings. The third kappa shape index (κ3) is 3.01. The van der Waals surface area contributed by atoms with Gasteiger partial charge in [0.15, 0.2) is 0 Å². The maximum absolute atomic E-state index is 12.4. The monoisotopic (exact) mass is 302 g/mol. The average molecular weight is 304 g/mol. The molecule has 15 heavy (non-hydrogen) atoms.